The minimum absolute atomic E-state index is 0.332. The summed E-state index contributed by atoms with van der Waals surface area (Å²) in [6, 6.07) is 2.31. The molecule has 1 amide bonds. The predicted octanol–water partition coefficient (Wildman–Crippen LogP) is 2.99. The van der Waals surface area contributed by atoms with E-state index in [1.165, 1.54) is 5.69 Å². The van der Waals surface area contributed by atoms with Crippen LogP contribution in [-0.4, -0.2) is 10.5 Å². The highest BCUT2D eigenvalue weighted by Gasteiger charge is 2.19. The first kappa shape index (κ1) is 12.8. The van der Waals surface area contributed by atoms with E-state index in [1.807, 2.05) is 13.0 Å². The third-order valence-corrected chi connectivity index (χ3v) is 3.22. The minimum atomic E-state index is -0.332. The zero-order valence-corrected chi connectivity index (χ0v) is 10.9. The second-order valence-electron chi connectivity index (χ2n) is 4.71. The first-order valence-electron chi connectivity index (χ1n) is 5.91. The Hall–Kier alpha value is -1.25. The Kier molecular flexibility index (Phi) is 3.79. The average Bonchev–Trinajstić information content (AvgIpc) is 2.54. The third kappa shape index (κ3) is 2.13. The maximum atomic E-state index is 11.3. The fourth-order valence-corrected chi connectivity index (χ4v) is 2.17. The molecular formula is C13H22N2O. The van der Waals surface area contributed by atoms with E-state index in [0.29, 0.717) is 17.5 Å². The van der Waals surface area contributed by atoms with Crippen molar-refractivity contribution in [3.05, 3.63) is 23.0 Å². The number of nitrogens with two attached hydrogens (primary N) is 1. The molecule has 0 fully saturated rings. The van der Waals surface area contributed by atoms with Crippen LogP contribution in [0, 0.1) is 6.92 Å². The van der Waals surface area contributed by atoms with Crippen LogP contribution >= 0.6 is 0 Å². The van der Waals surface area contributed by atoms with Crippen molar-refractivity contribution >= 4 is 5.91 Å². The molecule has 3 nitrogen and oxygen atoms in total. The Morgan fingerprint density at radius 3 is 2.38 bits per heavy atom. The zero-order chi connectivity index (χ0) is 12.5. The van der Waals surface area contributed by atoms with Crippen LogP contribution in [0.2, 0.25) is 0 Å². The van der Waals surface area contributed by atoms with Crippen LogP contribution in [0.25, 0.3) is 0 Å². The first-order valence-corrected chi connectivity index (χ1v) is 5.91. The highest BCUT2D eigenvalue weighted by atomic mass is 16.1. The molecule has 1 atom stereocenters. The van der Waals surface area contributed by atoms with Crippen LogP contribution in [0.1, 0.15) is 67.8 Å². The maximum absolute atomic E-state index is 11.3. The Morgan fingerprint density at radius 1 is 1.44 bits per heavy atom. The lowest BCUT2D eigenvalue weighted by Gasteiger charge is -2.19. The minimum Gasteiger partial charge on any atom is -0.366 e. The Balaban J connectivity index is 3.36. The predicted molar refractivity (Wildman–Crippen MR) is 66.8 cm³/mol. The second kappa shape index (κ2) is 4.73. The number of hydrogen-bond donors (Lipinski definition) is 1. The van der Waals surface area contributed by atoms with Crippen LogP contribution in [0.4, 0.5) is 0 Å². The number of primary amides is 1. The van der Waals surface area contributed by atoms with Crippen molar-refractivity contribution in [3.8, 4) is 0 Å². The summed E-state index contributed by atoms with van der Waals surface area (Å²) >= 11 is 0. The molecular weight excluding hydrogens is 200 g/mol. The van der Waals surface area contributed by atoms with Gasteiger partial charge in [0.1, 0.15) is 0 Å². The van der Waals surface area contributed by atoms with E-state index in [9.17, 15) is 4.79 Å². The van der Waals surface area contributed by atoms with Crippen LogP contribution in [-0.2, 0) is 0 Å². The lowest BCUT2D eigenvalue weighted by molar-refractivity contribution is 0.0999. The van der Waals surface area contributed by atoms with Crippen molar-refractivity contribution in [1.82, 2.24) is 4.57 Å². The summed E-state index contributed by atoms with van der Waals surface area (Å²) in [4.78, 5) is 11.3. The maximum Gasteiger partial charge on any atom is 0.250 e. The van der Waals surface area contributed by atoms with Gasteiger partial charge < -0.3 is 10.3 Å². The SMILES string of the molecule is CCC(C)c1cc(C(N)=O)c(C)n1C(C)C. The van der Waals surface area contributed by atoms with E-state index in [1.54, 1.807) is 0 Å². The van der Waals surface area contributed by atoms with Crippen molar-refractivity contribution < 1.29 is 4.79 Å². The molecule has 0 aliphatic heterocycles. The normalized spacial score (nSPS) is 13.1. The van der Waals surface area contributed by atoms with Crippen molar-refractivity contribution in [1.29, 1.82) is 0 Å². The van der Waals surface area contributed by atoms with E-state index in [0.717, 1.165) is 12.1 Å². The molecule has 1 aromatic heterocycles. The van der Waals surface area contributed by atoms with Crippen LogP contribution < -0.4 is 5.73 Å². The fourth-order valence-electron chi connectivity index (χ4n) is 2.17. The molecule has 1 unspecified atom stereocenters. The fraction of sp³-hybridized carbons (Fsp3) is 0.615. The molecule has 0 radical (unpaired) electrons. The molecule has 0 saturated carbocycles. The van der Waals surface area contributed by atoms with Gasteiger partial charge in [-0.15, -0.1) is 0 Å². The van der Waals surface area contributed by atoms with E-state index in [2.05, 4.69) is 32.3 Å². The van der Waals surface area contributed by atoms with Gasteiger partial charge in [0.05, 0.1) is 5.56 Å². The van der Waals surface area contributed by atoms with Gasteiger partial charge in [0, 0.05) is 17.4 Å². The number of carbonyl (C=O) groups is 1. The third-order valence-electron chi connectivity index (χ3n) is 3.22. The van der Waals surface area contributed by atoms with Crippen molar-refractivity contribution in [3.63, 3.8) is 0 Å². The summed E-state index contributed by atoms with van der Waals surface area (Å²) in [6.45, 7) is 10.6. The van der Waals surface area contributed by atoms with Gasteiger partial charge in [0.15, 0.2) is 0 Å². The first-order chi connectivity index (χ1) is 7.40. The van der Waals surface area contributed by atoms with Crippen LogP contribution in [0.15, 0.2) is 6.07 Å². The molecule has 2 N–H and O–H groups in total. The smallest absolute Gasteiger partial charge is 0.250 e. The van der Waals surface area contributed by atoms with Crippen LogP contribution in [0.5, 0.6) is 0 Å². The number of carbonyl (C=O) groups excluding carboxylic acids is 1. The molecule has 0 aliphatic rings. The molecule has 90 valence electrons. The molecule has 3 heteroatoms. The summed E-state index contributed by atoms with van der Waals surface area (Å²) < 4.78 is 2.22. The summed E-state index contributed by atoms with van der Waals surface area (Å²) in [5.41, 5.74) is 8.24. The van der Waals surface area contributed by atoms with Gasteiger partial charge in [-0.25, -0.2) is 0 Å². The lowest BCUT2D eigenvalue weighted by atomic mass is 10.0. The topological polar surface area (TPSA) is 48.0 Å². The molecule has 0 spiro atoms. The summed E-state index contributed by atoms with van der Waals surface area (Å²) in [5.74, 6) is 0.121. The average molecular weight is 222 g/mol. The van der Waals surface area contributed by atoms with E-state index in [-0.39, 0.29) is 5.91 Å². The standard InChI is InChI=1S/C13H22N2O/c1-6-9(4)12-7-11(13(14)16)10(5)15(12)8(2)3/h7-9H,6H2,1-5H3,(H2,14,16). The Morgan fingerprint density at radius 2 is 2.00 bits per heavy atom. The molecule has 0 saturated heterocycles. The van der Waals surface area contributed by atoms with Gasteiger partial charge in [-0.3, -0.25) is 4.79 Å². The van der Waals surface area contributed by atoms with Gasteiger partial charge >= 0.3 is 0 Å². The van der Waals surface area contributed by atoms with Gasteiger partial charge in [0.2, 0.25) is 0 Å². The summed E-state index contributed by atoms with van der Waals surface area (Å²) in [7, 11) is 0. The van der Waals surface area contributed by atoms with E-state index >= 15 is 0 Å². The Bertz CT molecular complexity index is 391. The largest absolute Gasteiger partial charge is 0.366 e. The van der Waals surface area contributed by atoms with Gasteiger partial charge in [0.25, 0.3) is 5.91 Å². The molecule has 0 aliphatic carbocycles. The van der Waals surface area contributed by atoms with Gasteiger partial charge in [-0.2, -0.15) is 0 Å². The number of nitrogens with zero attached hydrogens (tertiary/aromatic N) is 1. The van der Waals surface area contributed by atoms with Gasteiger partial charge in [-0.1, -0.05) is 13.8 Å². The lowest BCUT2D eigenvalue weighted by Crippen LogP contribution is -2.13. The van der Waals surface area contributed by atoms with Gasteiger partial charge in [-0.05, 0) is 39.2 Å². The highest BCUT2D eigenvalue weighted by Crippen LogP contribution is 2.27. The number of aromatic nitrogens is 1. The molecule has 16 heavy (non-hydrogen) atoms. The second-order valence-corrected chi connectivity index (χ2v) is 4.71. The van der Waals surface area contributed by atoms with E-state index in [4.69, 9.17) is 5.73 Å². The Labute approximate surface area is 97.6 Å². The number of hydrogen-bond acceptors (Lipinski definition) is 1. The van der Waals surface area contributed by atoms with Crippen molar-refractivity contribution in [2.75, 3.05) is 0 Å². The highest BCUT2D eigenvalue weighted by molar-refractivity contribution is 5.94. The summed E-state index contributed by atoms with van der Waals surface area (Å²) in [5, 5.41) is 0. The molecule has 1 heterocycles. The molecule has 0 aromatic carbocycles. The molecule has 1 rings (SSSR count). The van der Waals surface area contributed by atoms with E-state index < -0.39 is 0 Å². The molecule has 0 bridgehead atoms. The quantitative estimate of drug-likeness (QED) is 0.836. The molecule has 1 aromatic rings. The zero-order valence-electron chi connectivity index (χ0n) is 10.9. The number of rotatable bonds is 4. The van der Waals surface area contributed by atoms with Crippen molar-refractivity contribution in [2.24, 2.45) is 5.73 Å². The number of amides is 1. The van der Waals surface area contributed by atoms with Crippen molar-refractivity contribution in [2.45, 2.75) is 53.0 Å². The summed E-state index contributed by atoms with van der Waals surface area (Å²) in [6.07, 6.45) is 1.06. The van der Waals surface area contributed by atoms with Crippen LogP contribution in [0.3, 0.4) is 0 Å². The monoisotopic (exact) mass is 222 g/mol.